The zero-order chi connectivity index (χ0) is 6.69. The Bertz CT molecular complexity index is 179. The Morgan fingerprint density at radius 3 is 3.11 bits per heavy atom. The second kappa shape index (κ2) is 2.49. The van der Waals surface area contributed by atoms with Crippen LogP contribution in [0.25, 0.3) is 0 Å². The van der Waals surface area contributed by atoms with E-state index in [0.29, 0.717) is 0 Å². The first kappa shape index (κ1) is 6.08. The molecular weight excluding hydrogens is 114 g/mol. The lowest BCUT2D eigenvalue weighted by Gasteiger charge is -1.96. The van der Waals surface area contributed by atoms with Gasteiger partial charge < -0.3 is 4.42 Å². The van der Waals surface area contributed by atoms with Gasteiger partial charge in [-0.2, -0.15) is 0 Å². The number of rotatable bonds is 2. The number of nitrogens with zero attached hydrogens (tertiary/aromatic N) is 1. The molecule has 1 unspecified atom stereocenters. The molecule has 0 radical (unpaired) electrons. The number of hydrogen-bond donors (Lipinski definition) is 0. The van der Waals surface area contributed by atoms with Crippen molar-refractivity contribution < 1.29 is 4.42 Å². The third kappa shape index (κ3) is 1.19. The highest BCUT2D eigenvalue weighted by atomic mass is 16.3. The summed E-state index contributed by atoms with van der Waals surface area (Å²) >= 11 is 0. The van der Waals surface area contributed by atoms with Crippen molar-refractivity contribution in [1.29, 1.82) is 0 Å². The maximum Gasteiger partial charge on any atom is 0.180 e. The van der Waals surface area contributed by atoms with Gasteiger partial charge in [0.15, 0.2) is 6.39 Å². The highest BCUT2D eigenvalue weighted by molar-refractivity contribution is 5.04. The van der Waals surface area contributed by atoms with Crippen molar-refractivity contribution in [2.75, 3.05) is 0 Å². The molecule has 2 nitrogen and oxygen atoms in total. The molecular formula is C7H9NO. The molecule has 1 aromatic rings. The number of allylic oxidation sites excluding steroid dienone is 1. The quantitative estimate of drug-likeness (QED) is 0.562. The van der Waals surface area contributed by atoms with Gasteiger partial charge in [-0.1, -0.05) is 13.0 Å². The van der Waals surface area contributed by atoms with Crippen LogP contribution in [-0.2, 0) is 0 Å². The van der Waals surface area contributed by atoms with E-state index in [1.165, 1.54) is 6.39 Å². The summed E-state index contributed by atoms with van der Waals surface area (Å²) in [5, 5.41) is 0. The Balaban J connectivity index is 2.76. The van der Waals surface area contributed by atoms with Gasteiger partial charge in [-0.3, -0.25) is 0 Å². The third-order valence-corrected chi connectivity index (χ3v) is 1.25. The van der Waals surface area contributed by atoms with Crippen LogP contribution in [0.1, 0.15) is 18.6 Å². The Labute approximate surface area is 54.2 Å². The zero-order valence-corrected chi connectivity index (χ0v) is 5.37. The molecule has 1 atom stereocenters. The number of oxazole rings is 1. The van der Waals surface area contributed by atoms with Gasteiger partial charge >= 0.3 is 0 Å². The van der Waals surface area contributed by atoms with Gasteiger partial charge in [-0.15, -0.1) is 6.58 Å². The van der Waals surface area contributed by atoms with Crippen molar-refractivity contribution in [3.8, 4) is 0 Å². The molecule has 1 heterocycles. The van der Waals surface area contributed by atoms with Crippen LogP contribution in [0, 0.1) is 0 Å². The average molecular weight is 123 g/mol. The number of hydrogen-bond acceptors (Lipinski definition) is 2. The lowest BCUT2D eigenvalue weighted by Crippen LogP contribution is -1.82. The summed E-state index contributed by atoms with van der Waals surface area (Å²) in [6, 6.07) is 0. The molecule has 9 heavy (non-hydrogen) atoms. The van der Waals surface area contributed by atoms with Gasteiger partial charge in [0.25, 0.3) is 0 Å². The summed E-state index contributed by atoms with van der Waals surface area (Å²) in [6.45, 7) is 5.64. The molecule has 0 aliphatic rings. The van der Waals surface area contributed by atoms with Crippen molar-refractivity contribution in [1.82, 2.24) is 4.98 Å². The van der Waals surface area contributed by atoms with Crippen LogP contribution in [0.15, 0.2) is 29.7 Å². The fraction of sp³-hybridized carbons (Fsp3) is 0.286. The van der Waals surface area contributed by atoms with E-state index in [4.69, 9.17) is 4.42 Å². The van der Waals surface area contributed by atoms with E-state index in [9.17, 15) is 0 Å². The standard InChI is InChI=1S/C7H9NO/c1-3-6(2)7-4-8-5-9-7/h3-6H,1H2,2H3. The molecule has 0 spiro atoms. The molecule has 0 bridgehead atoms. The summed E-state index contributed by atoms with van der Waals surface area (Å²) in [5.41, 5.74) is 0. The van der Waals surface area contributed by atoms with E-state index < -0.39 is 0 Å². The van der Waals surface area contributed by atoms with E-state index in [0.717, 1.165) is 5.76 Å². The molecule has 0 aliphatic carbocycles. The molecule has 2 heteroatoms. The summed E-state index contributed by atoms with van der Waals surface area (Å²) in [6.07, 6.45) is 4.95. The highest BCUT2D eigenvalue weighted by Gasteiger charge is 2.01. The van der Waals surface area contributed by atoms with Crippen molar-refractivity contribution >= 4 is 0 Å². The lowest BCUT2D eigenvalue weighted by molar-refractivity contribution is 0.494. The van der Waals surface area contributed by atoms with E-state index >= 15 is 0 Å². The molecule has 0 saturated carbocycles. The molecule has 1 rings (SSSR count). The Hall–Kier alpha value is -1.05. The first-order valence-electron chi connectivity index (χ1n) is 2.85. The van der Waals surface area contributed by atoms with Gasteiger partial charge in [0.05, 0.1) is 6.20 Å². The minimum Gasteiger partial charge on any atom is -0.448 e. The van der Waals surface area contributed by atoms with Crippen LogP contribution in [0.4, 0.5) is 0 Å². The topological polar surface area (TPSA) is 26.0 Å². The van der Waals surface area contributed by atoms with E-state index in [-0.39, 0.29) is 5.92 Å². The zero-order valence-electron chi connectivity index (χ0n) is 5.37. The molecule has 0 N–H and O–H groups in total. The SMILES string of the molecule is C=CC(C)c1cnco1. The fourth-order valence-electron chi connectivity index (χ4n) is 0.567. The van der Waals surface area contributed by atoms with Crippen LogP contribution in [0.5, 0.6) is 0 Å². The largest absolute Gasteiger partial charge is 0.448 e. The molecule has 48 valence electrons. The van der Waals surface area contributed by atoms with Crippen molar-refractivity contribution in [2.45, 2.75) is 12.8 Å². The van der Waals surface area contributed by atoms with Crippen LogP contribution in [-0.4, -0.2) is 4.98 Å². The summed E-state index contributed by atoms with van der Waals surface area (Å²) in [5.74, 6) is 1.14. The monoisotopic (exact) mass is 123 g/mol. The number of aromatic nitrogens is 1. The fourth-order valence-corrected chi connectivity index (χ4v) is 0.567. The smallest absolute Gasteiger partial charge is 0.180 e. The van der Waals surface area contributed by atoms with Gasteiger partial charge in [-0.25, -0.2) is 4.98 Å². The second-order valence-electron chi connectivity index (χ2n) is 1.93. The second-order valence-corrected chi connectivity index (χ2v) is 1.93. The predicted molar refractivity (Wildman–Crippen MR) is 35.1 cm³/mol. The first-order valence-corrected chi connectivity index (χ1v) is 2.85. The normalized spacial score (nSPS) is 13.0. The Morgan fingerprint density at radius 1 is 1.89 bits per heavy atom. The van der Waals surface area contributed by atoms with Crippen molar-refractivity contribution in [3.05, 3.63) is 31.0 Å². The Morgan fingerprint density at radius 2 is 2.67 bits per heavy atom. The van der Waals surface area contributed by atoms with E-state index in [2.05, 4.69) is 11.6 Å². The molecule has 0 saturated heterocycles. The first-order chi connectivity index (χ1) is 4.34. The van der Waals surface area contributed by atoms with Gasteiger partial charge in [0.1, 0.15) is 5.76 Å². The van der Waals surface area contributed by atoms with Crippen molar-refractivity contribution in [2.24, 2.45) is 0 Å². The minimum atomic E-state index is 0.271. The molecule has 1 aromatic heterocycles. The molecule has 0 aromatic carbocycles. The highest BCUT2D eigenvalue weighted by Crippen LogP contribution is 2.13. The predicted octanol–water partition coefficient (Wildman–Crippen LogP) is 1.96. The van der Waals surface area contributed by atoms with Gasteiger partial charge in [0.2, 0.25) is 0 Å². The van der Waals surface area contributed by atoms with Gasteiger partial charge in [-0.05, 0) is 0 Å². The van der Waals surface area contributed by atoms with Gasteiger partial charge in [0, 0.05) is 5.92 Å². The maximum absolute atomic E-state index is 5.00. The lowest BCUT2D eigenvalue weighted by atomic mass is 10.1. The van der Waals surface area contributed by atoms with Crippen LogP contribution in [0.2, 0.25) is 0 Å². The van der Waals surface area contributed by atoms with Crippen LogP contribution >= 0.6 is 0 Å². The molecule has 0 amide bonds. The van der Waals surface area contributed by atoms with E-state index in [1.54, 1.807) is 6.20 Å². The minimum absolute atomic E-state index is 0.271. The summed E-state index contributed by atoms with van der Waals surface area (Å²) < 4.78 is 5.00. The summed E-state index contributed by atoms with van der Waals surface area (Å²) in [7, 11) is 0. The average Bonchev–Trinajstić information content (AvgIpc) is 2.37. The Kier molecular flexibility index (Phi) is 1.68. The van der Waals surface area contributed by atoms with Crippen LogP contribution in [0.3, 0.4) is 0 Å². The third-order valence-electron chi connectivity index (χ3n) is 1.25. The molecule has 0 fully saturated rings. The summed E-state index contributed by atoms with van der Waals surface area (Å²) in [4.78, 5) is 3.78. The van der Waals surface area contributed by atoms with Crippen LogP contribution < -0.4 is 0 Å². The molecule has 0 aliphatic heterocycles. The van der Waals surface area contributed by atoms with E-state index in [1.807, 2.05) is 13.0 Å². The maximum atomic E-state index is 5.00. The van der Waals surface area contributed by atoms with Crippen molar-refractivity contribution in [3.63, 3.8) is 0 Å².